The smallest absolute Gasteiger partial charge is 0.329 e. The molecular weight excluding hydrogens is 322 g/mol. The number of benzene rings is 1. The summed E-state index contributed by atoms with van der Waals surface area (Å²) in [6.45, 7) is 7.17. The van der Waals surface area contributed by atoms with Crippen LogP contribution in [0.1, 0.15) is 56.8 Å². The lowest BCUT2D eigenvalue weighted by molar-refractivity contribution is -0.147. The second-order valence-corrected chi connectivity index (χ2v) is 6.50. The largest absolute Gasteiger partial charge is 0.490 e. The Kier molecular flexibility index (Phi) is 6.28. The molecule has 25 heavy (non-hydrogen) atoms. The number of nitrogens with zero attached hydrogens (tertiary/aromatic N) is 1. The quantitative estimate of drug-likeness (QED) is 0.779. The number of hydrogen-bond donors (Lipinski definition) is 1. The van der Waals surface area contributed by atoms with Crippen LogP contribution in [0.15, 0.2) is 18.2 Å². The van der Waals surface area contributed by atoms with Gasteiger partial charge in [0, 0.05) is 12.1 Å². The van der Waals surface area contributed by atoms with Gasteiger partial charge in [-0.2, -0.15) is 0 Å². The molecule has 1 aromatic rings. The predicted molar refractivity (Wildman–Crippen MR) is 94.3 cm³/mol. The lowest BCUT2D eigenvalue weighted by Gasteiger charge is -2.31. The van der Waals surface area contributed by atoms with E-state index in [9.17, 15) is 14.7 Å². The average Bonchev–Trinajstić information content (AvgIpc) is 3.01. The third kappa shape index (κ3) is 4.06. The Morgan fingerprint density at radius 2 is 1.80 bits per heavy atom. The highest BCUT2D eigenvalue weighted by Gasteiger charge is 2.46. The van der Waals surface area contributed by atoms with Gasteiger partial charge in [-0.1, -0.05) is 13.8 Å². The molecule has 1 saturated heterocycles. The summed E-state index contributed by atoms with van der Waals surface area (Å²) in [4.78, 5) is 25.9. The van der Waals surface area contributed by atoms with Gasteiger partial charge in [-0.3, -0.25) is 4.79 Å². The fraction of sp³-hybridized carbons (Fsp3) is 0.579. The van der Waals surface area contributed by atoms with Gasteiger partial charge in [-0.25, -0.2) is 4.79 Å². The van der Waals surface area contributed by atoms with Crippen molar-refractivity contribution in [3.05, 3.63) is 23.8 Å². The molecule has 1 N–H and O–H groups in total. The van der Waals surface area contributed by atoms with Crippen molar-refractivity contribution in [2.45, 2.75) is 52.0 Å². The molecule has 0 bridgehead atoms. The molecule has 0 aliphatic carbocycles. The Bertz CT molecular complexity index is 630. The number of carbonyl (C=O) groups is 2. The molecule has 138 valence electrons. The SMILES string of the molecule is CCCOc1ccc(C(=O)N2CCCC2(C)C(=O)O)cc1OCCC. The lowest BCUT2D eigenvalue weighted by atomic mass is 9.98. The van der Waals surface area contributed by atoms with Gasteiger partial charge < -0.3 is 19.5 Å². The van der Waals surface area contributed by atoms with Crippen LogP contribution >= 0.6 is 0 Å². The van der Waals surface area contributed by atoms with E-state index in [0.29, 0.717) is 49.7 Å². The highest BCUT2D eigenvalue weighted by Crippen LogP contribution is 2.33. The van der Waals surface area contributed by atoms with Crippen molar-refractivity contribution >= 4 is 11.9 Å². The van der Waals surface area contributed by atoms with Crippen molar-refractivity contribution in [3.63, 3.8) is 0 Å². The highest BCUT2D eigenvalue weighted by atomic mass is 16.5. The molecule has 1 heterocycles. The van der Waals surface area contributed by atoms with Gasteiger partial charge in [0.25, 0.3) is 5.91 Å². The fourth-order valence-electron chi connectivity index (χ4n) is 2.96. The fourth-order valence-corrected chi connectivity index (χ4v) is 2.96. The third-order valence-corrected chi connectivity index (χ3v) is 4.46. The van der Waals surface area contributed by atoms with Crippen LogP contribution < -0.4 is 9.47 Å². The second-order valence-electron chi connectivity index (χ2n) is 6.50. The van der Waals surface area contributed by atoms with Crippen molar-refractivity contribution in [1.82, 2.24) is 4.90 Å². The summed E-state index contributed by atoms with van der Waals surface area (Å²) in [7, 11) is 0. The summed E-state index contributed by atoms with van der Waals surface area (Å²) in [5.74, 6) is -0.124. The Balaban J connectivity index is 2.28. The maximum absolute atomic E-state index is 12.9. The first-order chi connectivity index (χ1) is 11.9. The standard InChI is InChI=1S/C19H27NO5/c1-4-11-24-15-8-7-14(13-16(15)25-12-5-2)17(21)20-10-6-9-19(20,3)18(22)23/h7-8,13H,4-6,9-12H2,1-3H3,(H,22,23). The topological polar surface area (TPSA) is 76.1 Å². The molecule has 1 aliphatic rings. The molecule has 1 aliphatic heterocycles. The number of amides is 1. The minimum absolute atomic E-state index is 0.286. The molecule has 0 spiro atoms. The van der Waals surface area contributed by atoms with E-state index >= 15 is 0 Å². The summed E-state index contributed by atoms with van der Waals surface area (Å²) in [6.07, 6.45) is 2.86. The molecule has 1 atom stereocenters. The van der Waals surface area contributed by atoms with E-state index in [2.05, 4.69) is 0 Å². The maximum atomic E-state index is 12.9. The molecule has 1 fully saturated rings. The van der Waals surface area contributed by atoms with E-state index in [1.54, 1.807) is 25.1 Å². The van der Waals surface area contributed by atoms with Crippen molar-refractivity contribution in [3.8, 4) is 11.5 Å². The molecular formula is C19H27NO5. The highest BCUT2D eigenvalue weighted by molar-refractivity contribution is 5.98. The molecule has 1 unspecified atom stereocenters. The van der Waals surface area contributed by atoms with Crippen molar-refractivity contribution in [2.24, 2.45) is 0 Å². The number of carboxylic acids is 1. The number of ether oxygens (including phenoxy) is 2. The Hall–Kier alpha value is -2.24. The van der Waals surface area contributed by atoms with Gasteiger partial charge in [-0.15, -0.1) is 0 Å². The van der Waals surface area contributed by atoms with E-state index in [-0.39, 0.29) is 5.91 Å². The van der Waals surface area contributed by atoms with Crippen LogP contribution in [0.2, 0.25) is 0 Å². The lowest BCUT2D eigenvalue weighted by Crippen LogP contribution is -2.50. The average molecular weight is 349 g/mol. The Morgan fingerprint density at radius 3 is 2.40 bits per heavy atom. The van der Waals surface area contributed by atoms with Crippen LogP contribution in [-0.2, 0) is 4.79 Å². The number of hydrogen-bond acceptors (Lipinski definition) is 4. The van der Waals surface area contributed by atoms with Gasteiger partial charge in [0.2, 0.25) is 0 Å². The first-order valence-corrected chi connectivity index (χ1v) is 8.89. The number of carbonyl (C=O) groups excluding carboxylic acids is 1. The molecule has 6 nitrogen and oxygen atoms in total. The summed E-state index contributed by atoms with van der Waals surface area (Å²) >= 11 is 0. The van der Waals surface area contributed by atoms with E-state index < -0.39 is 11.5 Å². The van der Waals surface area contributed by atoms with Crippen LogP contribution in [-0.4, -0.2) is 47.2 Å². The third-order valence-electron chi connectivity index (χ3n) is 4.46. The zero-order chi connectivity index (χ0) is 18.4. The number of likely N-dealkylation sites (tertiary alicyclic amines) is 1. The maximum Gasteiger partial charge on any atom is 0.329 e. The summed E-state index contributed by atoms with van der Waals surface area (Å²) in [6, 6.07) is 5.05. The van der Waals surface area contributed by atoms with Crippen molar-refractivity contribution < 1.29 is 24.2 Å². The molecule has 0 radical (unpaired) electrons. The minimum atomic E-state index is -1.15. The molecule has 0 aromatic heterocycles. The molecule has 6 heteroatoms. The van der Waals surface area contributed by atoms with Crippen LogP contribution in [0, 0.1) is 0 Å². The second kappa shape index (κ2) is 8.23. The zero-order valence-corrected chi connectivity index (χ0v) is 15.2. The first-order valence-electron chi connectivity index (χ1n) is 8.89. The first kappa shape index (κ1) is 19.1. The normalized spacial score (nSPS) is 19.7. The van der Waals surface area contributed by atoms with E-state index in [1.165, 1.54) is 4.90 Å². The Labute approximate surface area is 148 Å². The number of carboxylic acid groups (broad SMARTS) is 1. The Morgan fingerprint density at radius 1 is 1.16 bits per heavy atom. The number of rotatable bonds is 8. The molecule has 2 rings (SSSR count). The van der Waals surface area contributed by atoms with Crippen LogP contribution in [0.4, 0.5) is 0 Å². The minimum Gasteiger partial charge on any atom is -0.490 e. The molecule has 0 saturated carbocycles. The van der Waals surface area contributed by atoms with Crippen molar-refractivity contribution in [1.29, 1.82) is 0 Å². The number of aliphatic carboxylic acids is 1. The van der Waals surface area contributed by atoms with Crippen LogP contribution in [0.25, 0.3) is 0 Å². The predicted octanol–water partition coefficient (Wildman–Crippen LogP) is 3.34. The van der Waals surface area contributed by atoms with Gasteiger partial charge >= 0.3 is 5.97 Å². The van der Waals surface area contributed by atoms with Gasteiger partial charge in [0.05, 0.1) is 13.2 Å². The van der Waals surface area contributed by atoms with Crippen molar-refractivity contribution in [2.75, 3.05) is 19.8 Å². The van der Waals surface area contributed by atoms with E-state index in [0.717, 1.165) is 12.8 Å². The van der Waals surface area contributed by atoms with E-state index in [4.69, 9.17) is 9.47 Å². The summed E-state index contributed by atoms with van der Waals surface area (Å²) in [5, 5.41) is 9.51. The zero-order valence-electron chi connectivity index (χ0n) is 15.2. The van der Waals surface area contributed by atoms with E-state index in [1.807, 2.05) is 13.8 Å². The molecule has 1 aromatic carbocycles. The summed E-state index contributed by atoms with van der Waals surface area (Å²) in [5.41, 5.74) is -0.733. The van der Waals surface area contributed by atoms with Gasteiger partial charge in [-0.05, 0) is 50.8 Å². The monoisotopic (exact) mass is 349 g/mol. The van der Waals surface area contributed by atoms with Crippen LogP contribution in [0.3, 0.4) is 0 Å². The summed E-state index contributed by atoms with van der Waals surface area (Å²) < 4.78 is 11.4. The molecule has 1 amide bonds. The van der Waals surface area contributed by atoms with Gasteiger partial charge in [0.15, 0.2) is 11.5 Å². The van der Waals surface area contributed by atoms with Gasteiger partial charge in [0.1, 0.15) is 5.54 Å². The van der Waals surface area contributed by atoms with Crippen LogP contribution in [0.5, 0.6) is 11.5 Å².